The number of ether oxygens (including phenoxy) is 2. The molecule has 1 heterocycles. The lowest BCUT2D eigenvalue weighted by atomic mass is 10.2. The first-order valence-corrected chi connectivity index (χ1v) is 8.45. The third kappa shape index (κ3) is 3.74. The Morgan fingerprint density at radius 2 is 2.14 bits per heavy atom. The van der Waals surface area contributed by atoms with E-state index in [-0.39, 0.29) is 24.4 Å². The molecule has 1 aliphatic rings. The zero-order valence-corrected chi connectivity index (χ0v) is 13.3. The molecule has 2 rings (SSSR count). The maximum atomic E-state index is 12.6. The van der Waals surface area contributed by atoms with Crippen LogP contribution in [0.25, 0.3) is 0 Å². The molecule has 1 atom stereocenters. The molecule has 5 nitrogen and oxygen atoms in total. The van der Waals surface area contributed by atoms with Crippen LogP contribution in [-0.2, 0) is 14.8 Å². The fraction of sp³-hybridized carbons (Fsp3) is 0.571. The van der Waals surface area contributed by atoms with Crippen molar-refractivity contribution >= 4 is 10.0 Å². The molecule has 22 heavy (non-hydrogen) atoms. The maximum Gasteiger partial charge on any atom is 0.345 e. The molecular formula is C14H19F2NO4S. The fourth-order valence-corrected chi connectivity index (χ4v) is 4.17. The Morgan fingerprint density at radius 1 is 1.41 bits per heavy atom. The summed E-state index contributed by atoms with van der Waals surface area (Å²) < 4.78 is 60.5. The summed E-state index contributed by atoms with van der Waals surface area (Å²) in [5.74, 6) is 0.597. The van der Waals surface area contributed by atoms with Gasteiger partial charge in [-0.15, -0.1) is 0 Å². The van der Waals surface area contributed by atoms with Gasteiger partial charge in [-0.3, -0.25) is 0 Å². The smallest absolute Gasteiger partial charge is 0.345 e. The number of halogens is 2. The lowest BCUT2D eigenvalue weighted by Crippen LogP contribution is -2.31. The summed E-state index contributed by atoms with van der Waals surface area (Å²) >= 11 is 0. The van der Waals surface area contributed by atoms with Crippen molar-refractivity contribution in [1.82, 2.24) is 4.31 Å². The predicted octanol–water partition coefficient (Wildman–Crippen LogP) is 2.40. The number of nitrogens with zero attached hydrogens (tertiary/aromatic N) is 1. The molecule has 0 aromatic heterocycles. The van der Waals surface area contributed by atoms with Gasteiger partial charge in [0, 0.05) is 13.1 Å². The quantitative estimate of drug-likeness (QED) is 0.801. The highest BCUT2D eigenvalue weighted by Gasteiger charge is 2.35. The zero-order valence-electron chi connectivity index (χ0n) is 12.5. The van der Waals surface area contributed by atoms with E-state index in [1.54, 1.807) is 19.1 Å². The molecule has 1 aromatic carbocycles. The van der Waals surface area contributed by atoms with Gasteiger partial charge in [0.25, 0.3) is 0 Å². The van der Waals surface area contributed by atoms with E-state index in [0.29, 0.717) is 17.9 Å². The van der Waals surface area contributed by atoms with E-state index in [9.17, 15) is 17.2 Å². The van der Waals surface area contributed by atoms with E-state index < -0.39 is 22.7 Å². The van der Waals surface area contributed by atoms with Crippen molar-refractivity contribution in [2.45, 2.75) is 37.9 Å². The molecule has 1 fully saturated rings. The monoisotopic (exact) mass is 335 g/mol. The highest BCUT2D eigenvalue weighted by Crippen LogP contribution is 2.27. The lowest BCUT2D eigenvalue weighted by molar-refractivity contribution is -0.157. The van der Waals surface area contributed by atoms with Crippen molar-refractivity contribution in [1.29, 1.82) is 0 Å². The number of benzene rings is 1. The highest BCUT2D eigenvalue weighted by molar-refractivity contribution is 7.89. The molecule has 0 amide bonds. The zero-order chi connectivity index (χ0) is 16.3. The molecule has 0 N–H and O–H groups in total. The summed E-state index contributed by atoms with van der Waals surface area (Å²) in [5, 5.41) is 0. The van der Waals surface area contributed by atoms with Crippen LogP contribution in [0.5, 0.6) is 5.75 Å². The average Bonchev–Trinajstić information content (AvgIpc) is 2.87. The van der Waals surface area contributed by atoms with E-state index >= 15 is 0 Å². The van der Waals surface area contributed by atoms with Crippen molar-refractivity contribution < 1.29 is 26.7 Å². The molecule has 1 saturated heterocycles. The van der Waals surface area contributed by atoms with Crippen LogP contribution in [0.2, 0.25) is 0 Å². The molecule has 8 heteroatoms. The standard InChI is InChI=1S/C14H19F2NO4S/c1-3-20-11-4-5-13(10(2)8-11)22(18,19)17-7-6-12(9-17)21-14(15)16/h4-5,8,12,14H,3,6-7,9H2,1-2H3/t12-/m0/s1. The molecule has 0 radical (unpaired) electrons. The Labute approximate surface area is 128 Å². The van der Waals surface area contributed by atoms with Crippen LogP contribution in [0, 0.1) is 6.92 Å². The molecule has 1 aromatic rings. The Kier molecular flexibility index (Phi) is 5.36. The Morgan fingerprint density at radius 3 is 2.73 bits per heavy atom. The van der Waals surface area contributed by atoms with E-state index in [4.69, 9.17) is 4.74 Å². The van der Waals surface area contributed by atoms with Gasteiger partial charge < -0.3 is 9.47 Å². The summed E-state index contributed by atoms with van der Waals surface area (Å²) in [6.07, 6.45) is -0.502. The average molecular weight is 335 g/mol. The molecule has 1 aliphatic heterocycles. The summed E-state index contributed by atoms with van der Waals surface area (Å²) in [6, 6.07) is 4.73. The summed E-state index contributed by atoms with van der Waals surface area (Å²) in [7, 11) is -3.72. The van der Waals surface area contributed by atoms with Gasteiger partial charge in [0.2, 0.25) is 10.0 Å². The Hall–Kier alpha value is -1.25. The first-order valence-electron chi connectivity index (χ1n) is 7.01. The maximum absolute atomic E-state index is 12.6. The van der Waals surface area contributed by atoms with Gasteiger partial charge >= 0.3 is 6.61 Å². The van der Waals surface area contributed by atoms with Crippen LogP contribution < -0.4 is 4.74 Å². The van der Waals surface area contributed by atoms with Crippen molar-refractivity contribution in [3.63, 3.8) is 0 Å². The molecule has 0 spiro atoms. The molecule has 124 valence electrons. The topological polar surface area (TPSA) is 55.8 Å². The second-order valence-corrected chi connectivity index (χ2v) is 6.94. The predicted molar refractivity (Wildman–Crippen MR) is 76.6 cm³/mol. The second-order valence-electron chi connectivity index (χ2n) is 5.03. The molecule has 0 aliphatic carbocycles. The van der Waals surface area contributed by atoms with E-state index in [1.807, 2.05) is 6.92 Å². The van der Waals surface area contributed by atoms with Crippen molar-refractivity contribution in [2.75, 3.05) is 19.7 Å². The van der Waals surface area contributed by atoms with E-state index in [2.05, 4.69) is 4.74 Å². The summed E-state index contributed by atoms with van der Waals surface area (Å²) in [4.78, 5) is 0.161. The lowest BCUT2D eigenvalue weighted by Gasteiger charge is -2.18. The minimum atomic E-state index is -3.72. The number of sulfonamides is 1. The van der Waals surface area contributed by atoms with Crippen LogP contribution in [-0.4, -0.2) is 45.1 Å². The largest absolute Gasteiger partial charge is 0.494 e. The first-order chi connectivity index (χ1) is 10.3. The number of alkyl halides is 2. The number of rotatable bonds is 6. The molecule has 0 bridgehead atoms. The Balaban J connectivity index is 2.17. The van der Waals surface area contributed by atoms with Gasteiger partial charge in [0.1, 0.15) is 5.75 Å². The SMILES string of the molecule is CCOc1ccc(S(=O)(=O)N2CC[C@H](OC(F)F)C2)c(C)c1. The highest BCUT2D eigenvalue weighted by atomic mass is 32.2. The van der Waals surface area contributed by atoms with E-state index in [1.165, 1.54) is 10.4 Å². The van der Waals surface area contributed by atoms with Gasteiger partial charge in [0.05, 0.1) is 17.6 Å². The molecule has 0 saturated carbocycles. The van der Waals surface area contributed by atoms with Crippen LogP contribution in [0.1, 0.15) is 18.9 Å². The van der Waals surface area contributed by atoms with Crippen molar-refractivity contribution in [2.24, 2.45) is 0 Å². The third-order valence-electron chi connectivity index (χ3n) is 3.48. The van der Waals surface area contributed by atoms with Crippen LogP contribution in [0.4, 0.5) is 8.78 Å². The minimum Gasteiger partial charge on any atom is -0.494 e. The van der Waals surface area contributed by atoms with Gasteiger partial charge in [-0.25, -0.2) is 8.42 Å². The normalized spacial score (nSPS) is 19.8. The van der Waals surface area contributed by atoms with E-state index in [0.717, 1.165) is 0 Å². The van der Waals surface area contributed by atoms with Crippen LogP contribution in [0.15, 0.2) is 23.1 Å². The second kappa shape index (κ2) is 6.89. The minimum absolute atomic E-state index is 0.0562. The first kappa shape index (κ1) is 17.1. The molecule has 0 unspecified atom stereocenters. The summed E-state index contributed by atoms with van der Waals surface area (Å²) in [5.41, 5.74) is 0.559. The number of hydrogen-bond acceptors (Lipinski definition) is 4. The van der Waals surface area contributed by atoms with Gasteiger partial charge in [-0.05, 0) is 44.0 Å². The van der Waals surface area contributed by atoms with Crippen molar-refractivity contribution in [3.05, 3.63) is 23.8 Å². The van der Waals surface area contributed by atoms with Crippen molar-refractivity contribution in [3.8, 4) is 5.75 Å². The summed E-state index contributed by atoms with van der Waals surface area (Å²) in [6.45, 7) is 1.24. The third-order valence-corrected chi connectivity index (χ3v) is 5.50. The fourth-order valence-electron chi connectivity index (χ4n) is 2.48. The van der Waals surface area contributed by atoms with Gasteiger partial charge in [-0.2, -0.15) is 13.1 Å². The molecular weight excluding hydrogens is 316 g/mol. The number of aryl methyl sites for hydroxylation is 1. The number of hydrogen-bond donors (Lipinski definition) is 0. The van der Waals surface area contributed by atoms with Gasteiger partial charge in [-0.1, -0.05) is 0 Å². The Bertz CT molecular complexity index is 621. The van der Waals surface area contributed by atoms with Crippen LogP contribution in [0.3, 0.4) is 0 Å². The van der Waals surface area contributed by atoms with Crippen LogP contribution >= 0.6 is 0 Å². The van der Waals surface area contributed by atoms with Gasteiger partial charge in [0.15, 0.2) is 0 Å².